The molecule has 3 aromatic heterocycles. The van der Waals surface area contributed by atoms with Gasteiger partial charge in [0.2, 0.25) is 0 Å². The van der Waals surface area contributed by atoms with Crippen LogP contribution in [0.4, 0.5) is 0 Å². The average Bonchev–Trinajstić information content (AvgIpc) is 3.40. The Balaban J connectivity index is 1.44. The van der Waals surface area contributed by atoms with Crippen LogP contribution in [-0.4, -0.2) is 59.9 Å². The number of hydrogen-bond acceptors (Lipinski definition) is 7. The first kappa shape index (κ1) is 21.4. The zero-order valence-electron chi connectivity index (χ0n) is 17.8. The number of aryl methyl sites for hydroxylation is 1. The SMILES string of the molecule is CC(C)c1nc(S(=O)(=O)N2CCC(Cn3nc(-n4cncn4)ccc3=O)CC2)cn1C. The van der Waals surface area contributed by atoms with Crippen molar-refractivity contribution < 1.29 is 8.42 Å². The molecule has 1 saturated heterocycles. The molecule has 0 saturated carbocycles. The zero-order valence-corrected chi connectivity index (χ0v) is 18.6. The monoisotopic (exact) mass is 446 g/mol. The molecule has 1 aliphatic heterocycles. The number of nitrogens with zero attached hydrogens (tertiary/aromatic N) is 8. The molecular weight excluding hydrogens is 420 g/mol. The van der Waals surface area contributed by atoms with Gasteiger partial charge in [0, 0.05) is 44.9 Å². The van der Waals surface area contributed by atoms with Crippen LogP contribution in [0.3, 0.4) is 0 Å². The number of hydrogen-bond donors (Lipinski definition) is 0. The second-order valence-corrected chi connectivity index (χ2v) is 9.99. The summed E-state index contributed by atoms with van der Waals surface area (Å²) >= 11 is 0. The molecule has 0 aliphatic carbocycles. The quantitative estimate of drug-likeness (QED) is 0.549. The molecule has 0 atom stereocenters. The van der Waals surface area contributed by atoms with Crippen LogP contribution in [0.2, 0.25) is 0 Å². The summed E-state index contributed by atoms with van der Waals surface area (Å²) < 4.78 is 32.2. The molecule has 0 N–H and O–H groups in total. The van der Waals surface area contributed by atoms with Crippen molar-refractivity contribution in [2.45, 2.75) is 44.2 Å². The standard InChI is InChI=1S/C19H26N8O3S/c1-14(2)19-22-17(11-24(19)3)31(29,30)25-8-6-15(7-9-25)10-26-18(28)5-4-16(23-26)27-13-20-12-21-27/h4-5,11-15H,6-10H2,1-3H3. The molecule has 31 heavy (non-hydrogen) atoms. The molecule has 11 nitrogen and oxygen atoms in total. The van der Waals surface area contributed by atoms with Gasteiger partial charge in [0.1, 0.15) is 18.5 Å². The van der Waals surface area contributed by atoms with Crippen molar-refractivity contribution >= 4 is 10.0 Å². The summed E-state index contributed by atoms with van der Waals surface area (Å²) in [4.78, 5) is 20.5. The Labute approximate surface area is 180 Å². The summed E-state index contributed by atoms with van der Waals surface area (Å²) in [7, 11) is -1.83. The van der Waals surface area contributed by atoms with Gasteiger partial charge in [0.05, 0.1) is 0 Å². The van der Waals surface area contributed by atoms with E-state index < -0.39 is 10.0 Å². The van der Waals surface area contributed by atoms with Crippen LogP contribution in [0.5, 0.6) is 0 Å². The van der Waals surface area contributed by atoms with Crippen LogP contribution in [0.25, 0.3) is 5.82 Å². The van der Waals surface area contributed by atoms with E-state index in [4.69, 9.17) is 0 Å². The minimum Gasteiger partial charge on any atom is -0.336 e. The Kier molecular flexibility index (Phi) is 5.75. The highest BCUT2D eigenvalue weighted by Crippen LogP contribution is 2.25. The normalized spacial score (nSPS) is 16.3. The summed E-state index contributed by atoms with van der Waals surface area (Å²) in [6.07, 6.45) is 5.78. The minimum atomic E-state index is -3.64. The zero-order chi connectivity index (χ0) is 22.2. The van der Waals surface area contributed by atoms with E-state index in [1.807, 2.05) is 20.9 Å². The maximum Gasteiger partial charge on any atom is 0.266 e. The summed E-state index contributed by atoms with van der Waals surface area (Å²) in [5, 5.41) is 8.50. The van der Waals surface area contributed by atoms with Gasteiger partial charge in [-0.2, -0.15) is 9.40 Å². The van der Waals surface area contributed by atoms with Crippen molar-refractivity contribution in [2.24, 2.45) is 13.0 Å². The van der Waals surface area contributed by atoms with Crippen LogP contribution in [-0.2, 0) is 23.6 Å². The summed E-state index contributed by atoms with van der Waals surface area (Å²) in [5.41, 5.74) is -0.200. The highest BCUT2D eigenvalue weighted by molar-refractivity contribution is 7.89. The van der Waals surface area contributed by atoms with E-state index in [0.29, 0.717) is 38.3 Å². The van der Waals surface area contributed by atoms with Gasteiger partial charge in [-0.3, -0.25) is 4.79 Å². The third kappa shape index (κ3) is 4.30. The van der Waals surface area contributed by atoms with Crippen LogP contribution in [0.15, 0.2) is 40.8 Å². The molecular formula is C19H26N8O3S. The molecule has 0 bridgehead atoms. The minimum absolute atomic E-state index is 0.0931. The van der Waals surface area contributed by atoms with Crippen LogP contribution >= 0.6 is 0 Å². The second-order valence-electron chi connectivity index (χ2n) is 8.10. The largest absolute Gasteiger partial charge is 0.336 e. The molecule has 1 fully saturated rings. The number of imidazole rings is 1. The summed E-state index contributed by atoms with van der Waals surface area (Å²) in [6, 6.07) is 3.05. The number of sulfonamides is 1. The first-order valence-electron chi connectivity index (χ1n) is 10.2. The molecule has 4 heterocycles. The smallest absolute Gasteiger partial charge is 0.266 e. The van der Waals surface area contributed by atoms with Crippen molar-refractivity contribution in [2.75, 3.05) is 13.1 Å². The lowest BCUT2D eigenvalue weighted by Crippen LogP contribution is -2.40. The van der Waals surface area contributed by atoms with E-state index in [2.05, 4.69) is 20.2 Å². The van der Waals surface area contributed by atoms with Gasteiger partial charge in [0.15, 0.2) is 10.8 Å². The van der Waals surface area contributed by atoms with Crippen molar-refractivity contribution in [1.29, 1.82) is 0 Å². The molecule has 0 aromatic carbocycles. The maximum atomic E-state index is 13.0. The molecule has 12 heteroatoms. The fourth-order valence-corrected chi connectivity index (χ4v) is 5.30. The van der Waals surface area contributed by atoms with Crippen LogP contribution in [0.1, 0.15) is 38.4 Å². The molecule has 0 spiro atoms. The Bertz CT molecular complexity index is 1210. The number of rotatable bonds is 6. The second kappa shape index (κ2) is 8.35. The Morgan fingerprint density at radius 3 is 2.55 bits per heavy atom. The van der Waals surface area contributed by atoms with Gasteiger partial charge in [0.25, 0.3) is 15.6 Å². The van der Waals surface area contributed by atoms with Crippen molar-refractivity contribution in [3.05, 3.63) is 47.2 Å². The highest BCUT2D eigenvalue weighted by Gasteiger charge is 2.32. The summed E-state index contributed by atoms with van der Waals surface area (Å²) in [5.74, 6) is 1.54. The highest BCUT2D eigenvalue weighted by atomic mass is 32.2. The van der Waals surface area contributed by atoms with Gasteiger partial charge < -0.3 is 4.57 Å². The molecule has 0 amide bonds. The topological polar surface area (TPSA) is 121 Å². The third-order valence-electron chi connectivity index (χ3n) is 5.52. The summed E-state index contributed by atoms with van der Waals surface area (Å²) in [6.45, 7) is 5.17. The van der Waals surface area contributed by atoms with Crippen molar-refractivity contribution in [3.8, 4) is 5.82 Å². The van der Waals surface area contributed by atoms with Gasteiger partial charge in [-0.1, -0.05) is 13.8 Å². The van der Waals surface area contributed by atoms with Gasteiger partial charge in [-0.15, -0.1) is 5.10 Å². The predicted molar refractivity (Wildman–Crippen MR) is 112 cm³/mol. The van der Waals surface area contributed by atoms with Crippen molar-refractivity contribution in [3.63, 3.8) is 0 Å². The third-order valence-corrected chi connectivity index (χ3v) is 7.29. The fraction of sp³-hybridized carbons (Fsp3) is 0.526. The molecule has 3 aromatic rings. The first-order chi connectivity index (χ1) is 14.8. The maximum absolute atomic E-state index is 13.0. The van der Waals surface area contributed by atoms with Crippen LogP contribution < -0.4 is 5.56 Å². The first-order valence-corrected chi connectivity index (χ1v) is 11.7. The lowest BCUT2D eigenvalue weighted by molar-refractivity contribution is 0.244. The van der Waals surface area contributed by atoms with E-state index in [0.717, 1.165) is 5.82 Å². The van der Waals surface area contributed by atoms with Crippen LogP contribution in [0, 0.1) is 5.92 Å². The van der Waals surface area contributed by atoms with Gasteiger partial charge in [-0.05, 0) is 24.8 Å². The lowest BCUT2D eigenvalue weighted by Gasteiger charge is -2.30. The van der Waals surface area contributed by atoms with E-state index in [-0.39, 0.29) is 22.4 Å². The predicted octanol–water partition coefficient (Wildman–Crippen LogP) is 0.782. The Morgan fingerprint density at radius 1 is 1.19 bits per heavy atom. The van der Waals surface area contributed by atoms with E-state index in [1.54, 1.807) is 16.8 Å². The van der Waals surface area contributed by atoms with E-state index in [1.165, 1.54) is 32.4 Å². The Hall–Kier alpha value is -2.86. The average molecular weight is 447 g/mol. The van der Waals surface area contributed by atoms with Gasteiger partial charge >= 0.3 is 0 Å². The molecule has 166 valence electrons. The lowest BCUT2D eigenvalue weighted by atomic mass is 9.98. The fourth-order valence-electron chi connectivity index (χ4n) is 3.84. The number of aromatic nitrogens is 7. The molecule has 4 rings (SSSR count). The van der Waals surface area contributed by atoms with Gasteiger partial charge in [-0.25, -0.2) is 27.7 Å². The number of piperidine rings is 1. The van der Waals surface area contributed by atoms with E-state index >= 15 is 0 Å². The molecule has 0 radical (unpaired) electrons. The van der Waals surface area contributed by atoms with Crippen molar-refractivity contribution in [1.82, 2.24) is 38.4 Å². The van der Waals surface area contributed by atoms with E-state index in [9.17, 15) is 13.2 Å². The molecule has 0 unspecified atom stereocenters. The Morgan fingerprint density at radius 2 is 1.94 bits per heavy atom. The molecule has 1 aliphatic rings.